The molecule has 2 heterocycles. The van der Waals surface area contributed by atoms with Gasteiger partial charge in [0.05, 0.1) is 6.10 Å². The highest BCUT2D eigenvalue weighted by Gasteiger charge is 2.33. The number of aliphatic hydroxyl groups is 1. The summed E-state index contributed by atoms with van der Waals surface area (Å²) in [5, 5.41) is 10.2. The van der Waals surface area contributed by atoms with Crippen LogP contribution < -0.4 is 0 Å². The zero-order valence-corrected chi connectivity index (χ0v) is 10.1. The number of hydrogen-bond acceptors (Lipinski definition) is 2. The first-order valence-corrected chi connectivity index (χ1v) is 5.95. The summed E-state index contributed by atoms with van der Waals surface area (Å²) >= 11 is 0. The van der Waals surface area contributed by atoms with Crippen LogP contribution >= 0.6 is 0 Å². The van der Waals surface area contributed by atoms with Crippen LogP contribution in [0.5, 0.6) is 0 Å². The highest BCUT2D eigenvalue weighted by molar-refractivity contribution is 5.34. The molecule has 0 spiro atoms. The molecule has 0 radical (unpaired) electrons. The SMILES string of the molecule is CC1(C)Cc2c(ccn2-c2ncc[nH]2)C(O)C1. The van der Waals surface area contributed by atoms with E-state index in [0.29, 0.717) is 0 Å². The van der Waals surface area contributed by atoms with Crippen molar-refractivity contribution < 1.29 is 5.11 Å². The zero-order chi connectivity index (χ0) is 12.0. The summed E-state index contributed by atoms with van der Waals surface area (Å²) in [6, 6.07) is 2.00. The molecular formula is C13H17N3O. The van der Waals surface area contributed by atoms with Gasteiger partial charge in [-0.15, -0.1) is 0 Å². The van der Waals surface area contributed by atoms with Gasteiger partial charge in [0.2, 0.25) is 5.95 Å². The Morgan fingerprint density at radius 2 is 2.35 bits per heavy atom. The Morgan fingerprint density at radius 3 is 3.06 bits per heavy atom. The normalized spacial score (nSPS) is 22.4. The molecule has 90 valence electrons. The smallest absolute Gasteiger partial charge is 0.211 e. The highest BCUT2D eigenvalue weighted by atomic mass is 16.3. The molecule has 1 atom stereocenters. The lowest BCUT2D eigenvalue weighted by Crippen LogP contribution is -2.26. The number of aromatic nitrogens is 3. The fraction of sp³-hybridized carbons (Fsp3) is 0.462. The number of aliphatic hydroxyl groups excluding tert-OH is 1. The van der Waals surface area contributed by atoms with Crippen molar-refractivity contribution >= 4 is 0 Å². The summed E-state index contributed by atoms with van der Waals surface area (Å²) in [6.07, 6.45) is 6.96. The third kappa shape index (κ3) is 1.69. The maximum atomic E-state index is 10.2. The van der Waals surface area contributed by atoms with E-state index in [4.69, 9.17) is 0 Å². The van der Waals surface area contributed by atoms with Crippen LogP contribution in [-0.4, -0.2) is 19.6 Å². The molecule has 2 N–H and O–H groups in total. The average molecular weight is 231 g/mol. The third-order valence-corrected chi connectivity index (χ3v) is 3.49. The van der Waals surface area contributed by atoms with Gasteiger partial charge in [-0.25, -0.2) is 4.98 Å². The monoisotopic (exact) mass is 231 g/mol. The standard InChI is InChI=1S/C13H17N3O/c1-13(2)7-10-9(11(17)8-13)3-6-16(10)12-14-4-5-15-12/h3-6,11,17H,7-8H2,1-2H3,(H,14,15). The molecule has 0 saturated carbocycles. The summed E-state index contributed by atoms with van der Waals surface area (Å²) in [4.78, 5) is 7.37. The Morgan fingerprint density at radius 1 is 1.53 bits per heavy atom. The first-order chi connectivity index (χ1) is 8.07. The van der Waals surface area contributed by atoms with Crippen molar-refractivity contribution in [3.63, 3.8) is 0 Å². The molecule has 4 nitrogen and oxygen atoms in total. The summed E-state index contributed by atoms with van der Waals surface area (Å²) in [5.41, 5.74) is 2.35. The molecule has 0 amide bonds. The van der Waals surface area contributed by atoms with E-state index in [1.54, 1.807) is 6.20 Å². The van der Waals surface area contributed by atoms with Crippen LogP contribution in [0.2, 0.25) is 0 Å². The van der Waals surface area contributed by atoms with Crippen LogP contribution in [-0.2, 0) is 6.42 Å². The minimum Gasteiger partial charge on any atom is -0.388 e. The molecule has 4 heteroatoms. The zero-order valence-electron chi connectivity index (χ0n) is 10.1. The van der Waals surface area contributed by atoms with Gasteiger partial charge in [0.1, 0.15) is 0 Å². The Bertz CT molecular complexity index is 525. The van der Waals surface area contributed by atoms with E-state index in [1.807, 2.05) is 23.0 Å². The van der Waals surface area contributed by atoms with Gasteiger partial charge in [0, 0.05) is 29.8 Å². The summed E-state index contributed by atoms with van der Waals surface area (Å²) in [5.74, 6) is 0.816. The minimum atomic E-state index is -0.357. The second kappa shape index (κ2) is 3.47. The van der Waals surface area contributed by atoms with Crippen molar-refractivity contribution in [2.45, 2.75) is 32.8 Å². The number of nitrogens with zero attached hydrogens (tertiary/aromatic N) is 2. The van der Waals surface area contributed by atoms with Gasteiger partial charge in [-0.2, -0.15) is 0 Å². The molecule has 0 saturated heterocycles. The maximum Gasteiger partial charge on any atom is 0.211 e. The number of imidazole rings is 1. The molecule has 1 aliphatic carbocycles. The summed E-state index contributed by atoms with van der Waals surface area (Å²) in [7, 11) is 0. The van der Waals surface area contributed by atoms with E-state index in [-0.39, 0.29) is 11.5 Å². The Labute approximate surface area is 100 Å². The number of rotatable bonds is 1. The van der Waals surface area contributed by atoms with Crippen molar-refractivity contribution in [1.82, 2.24) is 14.5 Å². The van der Waals surface area contributed by atoms with Gasteiger partial charge in [-0.3, -0.25) is 4.57 Å². The van der Waals surface area contributed by atoms with Gasteiger partial charge < -0.3 is 10.1 Å². The number of hydrogen-bond donors (Lipinski definition) is 2. The molecule has 0 aliphatic heterocycles. The average Bonchev–Trinajstić information content (AvgIpc) is 2.82. The Balaban J connectivity index is 2.11. The van der Waals surface area contributed by atoms with Crippen molar-refractivity contribution in [3.05, 3.63) is 35.9 Å². The molecule has 1 aliphatic rings. The van der Waals surface area contributed by atoms with Gasteiger partial charge >= 0.3 is 0 Å². The number of aromatic amines is 1. The second-order valence-electron chi connectivity index (χ2n) is 5.56. The Kier molecular flexibility index (Phi) is 2.16. The number of nitrogens with one attached hydrogen (secondary N) is 1. The fourth-order valence-electron chi connectivity index (χ4n) is 2.72. The van der Waals surface area contributed by atoms with Crippen LogP contribution in [0.15, 0.2) is 24.7 Å². The van der Waals surface area contributed by atoms with E-state index in [2.05, 4.69) is 23.8 Å². The number of fused-ring (bicyclic) bond motifs is 1. The topological polar surface area (TPSA) is 53.8 Å². The van der Waals surface area contributed by atoms with Crippen LogP contribution in [0.4, 0.5) is 0 Å². The summed E-state index contributed by atoms with van der Waals surface area (Å²) < 4.78 is 2.04. The molecule has 0 bridgehead atoms. The van der Waals surface area contributed by atoms with Crippen LogP contribution in [0.1, 0.15) is 37.6 Å². The van der Waals surface area contributed by atoms with Crippen LogP contribution in [0, 0.1) is 5.41 Å². The van der Waals surface area contributed by atoms with Crippen LogP contribution in [0.25, 0.3) is 5.95 Å². The first-order valence-electron chi connectivity index (χ1n) is 5.95. The van der Waals surface area contributed by atoms with Crippen molar-refractivity contribution in [2.24, 2.45) is 5.41 Å². The Hall–Kier alpha value is -1.55. The van der Waals surface area contributed by atoms with E-state index < -0.39 is 0 Å². The maximum absolute atomic E-state index is 10.2. The lowest BCUT2D eigenvalue weighted by molar-refractivity contribution is 0.0986. The predicted octanol–water partition coefficient (Wildman–Crippen LogP) is 2.21. The van der Waals surface area contributed by atoms with Crippen molar-refractivity contribution in [3.8, 4) is 5.95 Å². The van der Waals surface area contributed by atoms with E-state index in [1.165, 1.54) is 5.69 Å². The largest absolute Gasteiger partial charge is 0.388 e. The van der Waals surface area contributed by atoms with Gasteiger partial charge in [-0.05, 0) is 24.3 Å². The number of H-pyrrole nitrogens is 1. The molecule has 1 unspecified atom stereocenters. The van der Waals surface area contributed by atoms with Gasteiger partial charge in [0.25, 0.3) is 0 Å². The molecule has 0 aromatic carbocycles. The van der Waals surface area contributed by atoms with E-state index in [9.17, 15) is 5.11 Å². The predicted molar refractivity (Wildman–Crippen MR) is 65.0 cm³/mol. The van der Waals surface area contributed by atoms with Gasteiger partial charge in [-0.1, -0.05) is 13.8 Å². The highest BCUT2D eigenvalue weighted by Crippen LogP contribution is 2.41. The fourth-order valence-corrected chi connectivity index (χ4v) is 2.72. The van der Waals surface area contributed by atoms with Crippen molar-refractivity contribution in [2.75, 3.05) is 0 Å². The lowest BCUT2D eigenvalue weighted by Gasteiger charge is -2.33. The molecule has 17 heavy (non-hydrogen) atoms. The van der Waals surface area contributed by atoms with E-state index in [0.717, 1.165) is 24.4 Å². The van der Waals surface area contributed by atoms with Crippen molar-refractivity contribution in [1.29, 1.82) is 0 Å². The first kappa shape index (κ1) is 10.6. The molecular weight excluding hydrogens is 214 g/mol. The quantitative estimate of drug-likeness (QED) is 0.790. The third-order valence-electron chi connectivity index (χ3n) is 3.49. The molecule has 2 aromatic heterocycles. The van der Waals surface area contributed by atoms with Crippen LogP contribution in [0.3, 0.4) is 0 Å². The molecule has 3 rings (SSSR count). The van der Waals surface area contributed by atoms with E-state index >= 15 is 0 Å². The minimum absolute atomic E-state index is 0.134. The second-order valence-corrected chi connectivity index (χ2v) is 5.56. The van der Waals surface area contributed by atoms with Gasteiger partial charge in [0.15, 0.2) is 0 Å². The molecule has 2 aromatic rings. The summed E-state index contributed by atoms with van der Waals surface area (Å²) in [6.45, 7) is 4.39. The molecule has 0 fully saturated rings. The lowest BCUT2D eigenvalue weighted by atomic mass is 9.75.